The third-order valence-corrected chi connectivity index (χ3v) is 5.48. The minimum absolute atomic E-state index is 0.0449. The molecule has 0 radical (unpaired) electrons. The number of carbonyl (C=O) groups excluding carboxylic acids is 2. The SMILES string of the molecule is Cc1ccc([C@H](NC(=O)c2[nH]c3c(c2C)C(=O)CCC3)C2CC2)cc1. The van der Waals surface area contributed by atoms with Gasteiger partial charge in [0.25, 0.3) is 5.91 Å². The highest BCUT2D eigenvalue weighted by atomic mass is 16.2. The number of nitrogens with one attached hydrogen (secondary N) is 2. The molecule has 4 heteroatoms. The first-order chi connectivity index (χ1) is 12.0. The van der Waals surface area contributed by atoms with Crippen LogP contribution < -0.4 is 5.32 Å². The lowest BCUT2D eigenvalue weighted by Crippen LogP contribution is -2.30. The van der Waals surface area contributed by atoms with Crippen LogP contribution in [-0.2, 0) is 6.42 Å². The maximum Gasteiger partial charge on any atom is 0.268 e. The van der Waals surface area contributed by atoms with Gasteiger partial charge in [0.15, 0.2) is 5.78 Å². The predicted octanol–water partition coefficient (Wildman–Crippen LogP) is 4.03. The van der Waals surface area contributed by atoms with Gasteiger partial charge in [-0.3, -0.25) is 9.59 Å². The van der Waals surface area contributed by atoms with Crippen LogP contribution in [0, 0.1) is 19.8 Å². The van der Waals surface area contributed by atoms with E-state index in [-0.39, 0.29) is 17.7 Å². The van der Waals surface area contributed by atoms with Crippen LogP contribution in [0.4, 0.5) is 0 Å². The minimum Gasteiger partial charge on any atom is -0.354 e. The summed E-state index contributed by atoms with van der Waals surface area (Å²) in [6, 6.07) is 8.44. The van der Waals surface area contributed by atoms with Crippen molar-refractivity contribution < 1.29 is 9.59 Å². The van der Waals surface area contributed by atoms with E-state index in [9.17, 15) is 9.59 Å². The molecule has 2 aliphatic rings. The van der Waals surface area contributed by atoms with E-state index in [2.05, 4.69) is 41.5 Å². The maximum absolute atomic E-state index is 12.9. The zero-order valence-electron chi connectivity index (χ0n) is 14.8. The molecule has 2 aliphatic carbocycles. The van der Waals surface area contributed by atoms with Gasteiger partial charge in [-0.25, -0.2) is 0 Å². The fourth-order valence-corrected chi connectivity index (χ4v) is 3.89. The van der Waals surface area contributed by atoms with Crippen molar-refractivity contribution in [3.8, 4) is 0 Å². The molecule has 130 valence electrons. The molecular formula is C21H24N2O2. The maximum atomic E-state index is 12.9. The number of benzene rings is 1. The van der Waals surface area contributed by atoms with Gasteiger partial charge in [0, 0.05) is 17.7 Å². The van der Waals surface area contributed by atoms with E-state index in [4.69, 9.17) is 0 Å². The Kier molecular flexibility index (Phi) is 3.98. The number of rotatable bonds is 4. The van der Waals surface area contributed by atoms with Crippen molar-refractivity contribution in [3.63, 3.8) is 0 Å². The largest absolute Gasteiger partial charge is 0.354 e. The molecule has 4 nitrogen and oxygen atoms in total. The van der Waals surface area contributed by atoms with Gasteiger partial charge in [0.1, 0.15) is 5.69 Å². The summed E-state index contributed by atoms with van der Waals surface area (Å²) in [5.74, 6) is 0.571. The van der Waals surface area contributed by atoms with Gasteiger partial charge in [-0.15, -0.1) is 0 Å². The third-order valence-electron chi connectivity index (χ3n) is 5.48. The van der Waals surface area contributed by atoms with Crippen molar-refractivity contribution in [2.45, 2.75) is 52.0 Å². The number of aromatic nitrogens is 1. The van der Waals surface area contributed by atoms with Crippen LogP contribution in [-0.4, -0.2) is 16.7 Å². The first kappa shape index (κ1) is 16.1. The number of aromatic amines is 1. The lowest BCUT2D eigenvalue weighted by molar-refractivity contribution is 0.0926. The standard InChI is InChI=1S/C21H24N2O2/c1-12-6-8-14(9-7-12)20(15-10-11-15)23-21(25)19-13(2)18-16(22-19)4-3-5-17(18)24/h6-9,15,20,22H,3-5,10-11H2,1-2H3,(H,23,25)/t20-/m0/s1. The van der Waals surface area contributed by atoms with Gasteiger partial charge < -0.3 is 10.3 Å². The highest BCUT2D eigenvalue weighted by Gasteiger charge is 2.35. The topological polar surface area (TPSA) is 62.0 Å². The van der Waals surface area contributed by atoms with Gasteiger partial charge in [-0.1, -0.05) is 29.8 Å². The quantitative estimate of drug-likeness (QED) is 0.885. The molecule has 1 aromatic carbocycles. The Morgan fingerprint density at radius 2 is 1.88 bits per heavy atom. The van der Waals surface area contributed by atoms with Crippen LogP contribution in [0.1, 0.15) is 75.0 Å². The number of carbonyl (C=O) groups is 2. The molecule has 1 heterocycles. The van der Waals surface area contributed by atoms with Gasteiger partial charge in [-0.2, -0.15) is 0 Å². The summed E-state index contributed by atoms with van der Waals surface area (Å²) in [5, 5.41) is 3.21. The lowest BCUT2D eigenvalue weighted by atomic mass is 9.93. The first-order valence-electron chi connectivity index (χ1n) is 9.16. The Morgan fingerprint density at radius 1 is 1.16 bits per heavy atom. The van der Waals surface area contributed by atoms with Crippen molar-refractivity contribution in [1.82, 2.24) is 10.3 Å². The zero-order valence-corrected chi connectivity index (χ0v) is 14.8. The highest BCUT2D eigenvalue weighted by Crippen LogP contribution is 2.41. The Hall–Kier alpha value is -2.36. The average molecular weight is 336 g/mol. The summed E-state index contributed by atoms with van der Waals surface area (Å²) in [5.41, 5.74) is 5.41. The fraction of sp³-hybridized carbons (Fsp3) is 0.429. The second-order valence-electron chi connectivity index (χ2n) is 7.45. The molecule has 1 atom stereocenters. The summed E-state index contributed by atoms with van der Waals surface area (Å²) < 4.78 is 0. The Labute approximate surface area is 148 Å². The number of Topliss-reactive ketones (excluding diaryl/α,β-unsaturated/α-hetero) is 1. The molecule has 25 heavy (non-hydrogen) atoms. The van der Waals surface area contributed by atoms with Crippen LogP contribution in [0.15, 0.2) is 24.3 Å². The summed E-state index contributed by atoms with van der Waals surface area (Å²) >= 11 is 0. The molecule has 0 unspecified atom stereocenters. The van der Waals surface area contributed by atoms with E-state index in [1.165, 1.54) is 5.56 Å². The summed E-state index contributed by atoms with van der Waals surface area (Å²) in [6.45, 7) is 3.95. The number of hydrogen-bond acceptors (Lipinski definition) is 2. The van der Waals surface area contributed by atoms with E-state index in [1.54, 1.807) is 0 Å². The molecule has 0 spiro atoms. The summed E-state index contributed by atoms with van der Waals surface area (Å²) in [6.07, 6.45) is 4.59. The average Bonchev–Trinajstić information content (AvgIpc) is 3.37. The monoisotopic (exact) mass is 336 g/mol. The molecule has 1 aromatic heterocycles. The van der Waals surface area contributed by atoms with E-state index < -0.39 is 0 Å². The van der Waals surface area contributed by atoms with Crippen molar-refractivity contribution in [3.05, 3.63) is 57.9 Å². The fourth-order valence-electron chi connectivity index (χ4n) is 3.89. The lowest BCUT2D eigenvalue weighted by Gasteiger charge is -2.19. The molecule has 2 aromatic rings. The predicted molar refractivity (Wildman–Crippen MR) is 96.9 cm³/mol. The molecular weight excluding hydrogens is 312 g/mol. The molecule has 0 bridgehead atoms. The number of aryl methyl sites for hydroxylation is 2. The van der Waals surface area contributed by atoms with Crippen molar-refractivity contribution >= 4 is 11.7 Å². The molecule has 4 rings (SSSR count). The van der Waals surface area contributed by atoms with Crippen molar-refractivity contribution in [2.75, 3.05) is 0 Å². The minimum atomic E-state index is -0.0998. The molecule has 1 amide bonds. The third kappa shape index (κ3) is 3.01. The normalized spacial score (nSPS) is 17.9. The van der Waals surface area contributed by atoms with Gasteiger partial charge in [0.2, 0.25) is 0 Å². The molecule has 1 fully saturated rings. The van der Waals surface area contributed by atoms with Gasteiger partial charge in [0.05, 0.1) is 6.04 Å². The summed E-state index contributed by atoms with van der Waals surface area (Å²) in [7, 11) is 0. The molecule has 1 saturated carbocycles. The van der Waals surface area contributed by atoms with Crippen molar-refractivity contribution in [1.29, 1.82) is 0 Å². The number of H-pyrrole nitrogens is 1. The Morgan fingerprint density at radius 3 is 2.52 bits per heavy atom. The Balaban J connectivity index is 1.60. The van der Waals surface area contributed by atoms with E-state index in [0.29, 0.717) is 18.0 Å². The van der Waals surface area contributed by atoms with Crippen LogP contribution >= 0.6 is 0 Å². The Bertz CT molecular complexity index is 828. The van der Waals surface area contributed by atoms with Gasteiger partial charge >= 0.3 is 0 Å². The number of ketones is 1. The van der Waals surface area contributed by atoms with Crippen LogP contribution in [0.3, 0.4) is 0 Å². The van der Waals surface area contributed by atoms with E-state index in [1.807, 2.05) is 6.92 Å². The van der Waals surface area contributed by atoms with E-state index in [0.717, 1.165) is 48.1 Å². The van der Waals surface area contributed by atoms with Crippen molar-refractivity contribution in [2.24, 2.45) is 5.92 Å². The second kappa shape index (κ2) is 6.17. The smallest absolute Gasteiger partial charge is 0.268 e. The number of hydrogen-bond donors (Lipinski definition) is 2. The van der Waals surface area contributed by atoms with Crippen LogP contribution in [0.5, 0.6) is 0 Å². The van der Waals surface area contributed by atoms with Crippen LogP contribution in [0.25, 0.3) is 0 Å². The summed E-state index contributed by atoms with van der Waals surface area (Å²) in [4.78, 5) is 28.3. The number of fused-ring (bicyclic) bond motifs is 1. The zero-order chi connectivity index (χ0) is 17.6. The molecule has 2 N–H and O–H groups in total. The number of amides is 1. The highest BCUT2D eigenvalue weighted by molar-refractivity contribution is 6.04. The van der Waals surface area contributed by atoms with Crippen LogP contribution in [0.2, 0.25) is 0 Å². The van der Waals surface area contributed by atoms with Gasteiger partial charge in [-0.05, 0) is 56.6 Å². The second-order valence-corrected chi connectivity index (χ2v) is 7.45. The molecule has 0 saturated heterocycles. The molecule has 0 aliphatic heterocycles. The van der Waals surface area contributed by atoms with E-state index >= 15 is 0 Å². The first-order valence-corrected chi connectivity index (χ1v) is 9.16.